The first-order chi connectivity index (χ1) is 9.28. The Hall–Kier alpha value is -1.52. The van der Waals surface area contributed by atoms with Gasteiger partial charge in [-0.3, -0.25) is 0 Å². The van der Waals surface area contributed by atoms with Gasteiger partial charge >= 0.3 is 6.09 Å². The lowest BCUT2D eigenvalue weighted by molar-refractivity contribution is 0.0505. The number of alkyl carbamates (subject to hydrolysis) is 1. The minimum Gasteiger partial charge on any atom is -0.444 e. The molecule has 112 valence electrons. The van der Waals surface area contributed by atoms with Crippen molar-refractivity contribution in [2.45, 2.75) is 65.1 Å². The van der Waals surface area contributed by atoms with Gasteiger partial charge in [0.1, 0.15) is 5.60 Å². The maximum Gasteiger partial charge on any atom is 0.408 e. The van der Waals surface area contributed by atoms with E-state index in [0.717, 1.165) is 11.6 Å². The summed E-state index contributed by atoms with van der Waals surface area (Å²) in [7, 11) is 0. The fraction of sp³-hybridized carbons (Fsp3) is 0.733. The summed E-state index contributed by atoms with van der Waals surface area (Å²) in [6, 6.07) is 0.323. The van der Waals surface area contributed by atoms with Crippen molar-refractivity contribution in [1.29, 1.82) is 0 Å². The number of aromatic nitrogens is 2. The normalized spacial score (nSPS) is 18.4. The average molecular weight is 279 g/mol. The maximum absolute atomic E-state index is 11.8. The number of amides is 1. The number of hydrogen-bond donors (Lipinski definition) is 1. The molecule has 1 N–H and O–H groups in total. The molecule has 0 aromatic carbocycles. The third-order valence-electron chi connectivity index (χ3n) is 3.62. The summed E-state index contributed by atoms with van der Waals surface area (Å²) in [5.41, 5.74) is 0.543. The van der Waals surface area contributed by atoms with Crippen molar-refractivity contribution < 1.29 is 9.53 Å². The Morgan fingerprint density at radius 1 is 1.45 bits per heavy atom. The third kappa shape index (κ3) is 3.74. The molecule has 20 heavy (non-hydrogen) atoms. The quantitative estimate of drug-likeness (QED) is 0.918. The highest BCUT2D eigenvalue weighted by Gasteiger charge is 2.31. The number of nitrogens with zero attached hydrogens (tertiary/aromatic N) is 2. The average Bonchev–Trinajstić information content (AvgIpc) is 3.02. The number of carbonyl (C=O) groups excluding carboxylic acids is 1. The summed E-state index contributed by atoms with van der Waals surface area (Å²) in [5.74, 6) is 0.747. The van der Waals surface area contributed by atoms with Crippen LogP contribution in [0, 0.1) is 5.92 Å². The Balaban J connectivity index is 2.00. The summed E-state index contributed by atoms with van der Waals surface area (Å²) >= 11 is 0. The van der Waals surface area contributed by atoms with E-state index in [0.29, 0.717) is 6.04 Å². The van der Waals surface area contributed by atoms with Crippen molar-refractivity contribution in [2.24, 2.45) is 5.92 Å². The van der Waals surface area contributed by atoms with Crippen LogP contribution in [0.5, 0.6) is 0 Å². The molecule has 1 aliphatic carbocycles. The standard InChI is InChI=1S/C15H25N3O2/c1-10(17-14(19)20-15(3,4)5)13-8-16-9-18(13)11(2)12-6-7-12/h8-12H,6-7H2,1-5H3,(H,17,19)/t10-,11?/m0/s1. The Kier molecular flexibility index (Phi) is 4.06. The van der Waals surface area contributed by atoms with Crippen molar-refractivity contribution >= 4 is 6.09 Å². The SMILES string of the molecule is CC(C1CC1)n1cncc1[C@H](C)NC(=O)OC(C)(C)C. The molecule has 0 radical (unpaired) electrons. The maximum atomic E-state index is 11.8. The molecule has 1 saturated carbocycles. The molecule has 5 heteroatoms. The second-order valence-electron chi connectivity index (χ2n) is 6.67. The van der Waals surface area contributed by atoms with E-state index < -0.39 is 11.7 Å². The number of carbonyl (C=O) groups is 1. The first kappa shape index (κ1) is 14.9. The van der Waals surface area contributed by atoms with Crippen LogP contribution >= 0.6 is 0 Å². The van der Waals surface area contributed by atoms with E-state index in [-0.39, 0.29) is 6.04 Å². The van der Waals surface area contributed by atoms with Gasteiger partial charge in [-0.05, 0) is 53.4 Å². The van der Waals surface area contributed by atoms with Crippen LogP contribution in [-0.4, -0.2) is 21.2 Å². The highest BCUT2D eigenvalue weighted by atomic mass is 16.6. The Labute approximate surface area is 120 Å². The number of imidazole rings is 1. The molecular weight excluding hydrogens is 254 g/mol. The second-order valence-corrected chi connectivity index (χ2v) is 6.67. The van der Waals surface area contributed by atoms with Crippen LogP contribution < -0.4 is 5.32 Å². The van der Waals surface area contributed by atoms with Crippen molar-refractivity contribution in [3.8, 4) is 0 Å². The van der Waals surface area contributed by atoms with Crippen LogP contribution in [-0.2, 0) is 4.74 Å². The van der Waals surface area contributed by atoms with E-state index in [1.807, 2.05) is 40.2 Å². The van der Waals surface area contributed by atoms with Gasteiger partial charge in [0.25, 0.3) is 0 Å². The number of nitrogens with one attached hydrogen (secondary N) is 1. The summed E-state index contributed by atoms with van der Waals surface area (Å²) in [6.45, 7) is 9.74. The van der Waals surface area contributed by atoms with Crippen LogP contribution in [0.2, 0.25) is 0 Å². The van der Waals surface area contributed by atoms with Gasteiger partial charge in [-0.1, -0.05) is 0 Å². The van der Waals surface area contributed by atoms with Crippen LogP contribution in [0.25, 0.3) is 0 Å². The topological polar surface area (TPSA) is 56.2 Å². The lowest BCUT2D eigenvalue weighted by atomic mass is 10.2. The molecule has 0 aliphatic heterocycles. The van der Waals surface area contributed by atoms with Gasteiger partial charge < -0.3 is 14.6 Å². The van der Waals surface area contributed by atoms with Crippen LogP contribution in [0.4, 0.5) is 4.79 Å². The molecular formula is C15H25N3O2. The van der Waals surface area contributed by atoms with E-state index in [1.165, 1.54) is 12.8 Å². The number of ether oxygens (including phenoxy) is 1. The van der Waals surface area contributed by atoms with Gasteiger partial charge in [-0.25, -0.2) is 9.78 Å². The summed E-state index contributed by atoms with van der Waals surface area (Å²) in [4.78, 5) is 16.1. The van der Waals surface area contributed by atoms with Crippen LogP contribution in [0.1, 0.15) is 65.2 Å². The van der Waals surface area contributed by atoms with Gasteiger partial charge in [-0.2, -0.15) is 0 Å². The Morgan fingerprint density at radius 2 is 2.10 bits per heavy atom. The van der Waals surface area contributed by atoms with E-state index in [9.17, 15) is 4.79 Å². The minimum atomic E-state index is -0.481. The monoisotopic (exact) mass is 279 g/mol. The van der Waals surface area contributed by atoms with Crippen LogP contribution in [0.15, 0.2) is 12.5 Å². The first-order valence-corrected chi connectivity index (χ1v) is 7.29. The summed E-state index contributed by atoms with van der Waals surface area (Å²) < 4.78 is 7.45. The van der Waals surface area contributed by atoms with Gasteiger partial charge in [0.2, 0.25) is 0 Å². The predicted octanol–water partition coefficient (Wildman–Crippen LogP) is 3.44. The van der Waals surface area contributed by atoms with Gasteiger partial charge in [0.05, 0.1) is 24.3 Å². The molecule has 0 bridgehead atoms. The molecule has 1 unspecified atom stereocenters. The third-order valence-corrected chi connectivity index (χ3v) is 3.62. The van der Waals surface area contributed by atoms with Gasteiger partial charge in [-0.15, -0.1) is 0 Å². The summed E-state index contributed by atoms with van der Waals surface area (Å²) in [5, 5.41) is 2.87. The van der Waals surface area contributed by atoms with Crippen molar-refractivity contribution in [3.05, 3.63) is 18.2 Å². The predicted molar refractivity (Wildman–Crippen MR) is 77.4 cm³/mol. The molecule has 0 saturated heterocycles. The van der Waals surface area contributed by atoms with Gasteiger partial charge in [0, 0.05) is 6.04 Å². The molecule has 1 aliphatic rings. The molecule has 1 fully saturated rings. The van der Waals surface area contributed by atoms with Crippen molar-refractivity contribution in [3.63, 3.8) is 0 Å². The Morgan fingerprint density at radius 3 is 2.65 bits per heavy atom. The van der Waals surface area contributed by atoms with E-state index >= 15 is 0 Å². The van der Waals surface area contributed by atoms with Crippen molar-refractivity contribution in [2.75, 3.05) is 0 Å². The largest absolute Gasteiger partial charge is 0.444 e. The summed E-state index contributed by atoms with van der Waals surface area (Å²) in [6.07, 6.45) is 5.85. The molecule has 2 atom stereocenters. The molecule has 2 rings (SSSR count). The van der Waals surface area contributed by atoms with E-state index in [4.69, 9.17) is 4.74 Å². The zero-order valence-electron chi connectivity index (χ0n) is 13.0. The molecule has 1 heterocycles. The zero-order chi connectivity index (χ0) is 14.9. The smallest absolute Gasteiger partial charge is 0.408 e. The van der Waals surface area contributed by atoms with Gasteiger partial charge in [0.15, 0.2) is 0 Å². The Bertz CT molecular complexity index is 472. The zero-order valence-corrected chi connectivity index (χ0v) is 13.0. The fourth-order valence-electron chi connectivity index (χ4n) is 2.35. The fourth-order valence-corrected chi connectivity index (χ4v) is 2.35. The molecule has 5 nitrogen and oxygen atoms in total. The second kappa shape index (κ2) is 5.46. The molecule has 0 spiro atoms. The highest BCUT2D eigenvalue weighted by molar-refractivity contribution is 5.68. The number of hydrogen-bond acceptors (Lipinski definition) is 3. The lowest BCUT2D eigenvalue weighted by Gasteiger charge is -2.23. The van der Waals surface area contributed by atoms with Crippen molar-refractivity contribution in [1.82, 2.24) is 14.9 Å². The minimum absolute atomic E-state index is 0.117. The van der Waals surface area contributed by atoms with E-state index in [2.05, 4.69) is 21.8 Å². The highest BCUT2D eigenvalue weighted by Crippen LogP contribution is 2.40. The van der Waals surface area contributed by atoms with E-state index in [1.54, 1.807) is 0 Å². The molecule has 1 aromatic heterocycles. The molecule has 1 amide bonds. The lowest BCUT2D eigenvalue weighted by Crippen LogP contribution is -2.34. The molecule has 1 aromatic rings. The first-order valence-electron chi connectivity index (χ1n) is 7.29. The van der Waals surface area contributed by atoms with Crippen LogP contribution in [0.3, 0.4) is 0 Å². The number of rotatable bonds is 4.